The molecule has 6 heteroatoms. The lowest BCUT2D eigenvalue weighted by Crippen LogP contribution is -2.51. The van der Waals surface area contributed by atoms with Crippen LogP contribution in [0.15, 0.2) is 24.3 Å². The molecule has 3 heterocycles. The molecule has 1 aromatic carbocycles. The van der Waals surface area contributed by atoms with Crippen LogP contribution in [0, 0.1) is 5.82 Å². The number of fused-ring (bicyclic) bond motifs is 2. The molecule has 1 fully saturated rings. The quantitative estimate of drug-likeness (QED) is 0.895. The first-order valence-corrected chi connectivity index (χ1v) is 9.36. The third-order valence-corrected chi connectivity index (χ3v) is 6.11. The van der Waals surface area contributed by atoms with E-state index in [0.717, 1.165) is 38.3 Å². The van der Waals surface area contributed by atoms with Gasteiger partial charge in [-0.1, -0.05) is 13.0 Å². The molecule has 0 bridgehead atoms. The van der Waals surface area contributed by atoms with Crippen LogP contribution >= 0.6 is 11.3 Å². The Morgan fingerprint density at radius 3 is 2.75 bits per heavy atom. The molecule has 0 spiro atoms. The summed E-state index contributed by atoms with van der Waals surface area (Å²) < 4.78 is 14.4. The van der Waals surface area contributed by atoms with E-state index in [4.69, 9.17) is 0 Å². The summed E-state index contributed by atoms with van der Waals surface area (Å²) in [5.41, 5.74) is 2.78. The van der Waals surface area contributed by atoms with Gasteiger partial charge in [0, 0.05) is 43.2 Å². The molecular formula is C18H23FN4S. The van der Waals surface area contributed by atoms with Gasteiger partial charge in [-0.05, 0) is 31.7 Å². The minimum absolute atomic E-state index is 0.183. The van der Waals surface area contributed by atoms with Crippen LogP contribution in [0.25, 0.3) is 0 Å². The van der Waals surface area contributed by atoms with Gasteiger partial charge in [0.25, 0.3) is 0 Å². The Kier molecular flexibility index (Phi) is 4.20. The molecule has 0 saturated carbocycles. The van der Waals surface area contributed by atoms with Gasteiger partial charge in [-0.15, -0.1) is 11.3 Å². The highest BCUT2D eigenvalue weighted by molar-refractivity contribution is 7.16. The number of hydrogen-bond donors (Lipinski definition) is 1. The fourth-order valence-corrected chi connectivity index (χ4v) is 4.55. The van der Waals surface area contributed by atoms with E-state index in [9.17, 15) is 4.39 Å². The monoisotopic (exact) mass is 346 g/mol. The van der Waals surface area contributed by atoms with Crippen molar-refractivity contribution in [3.63, 3.8) is 0 Å². The van der Waals surface area contributed by atoms with Gasteiger partial charge in [-0.25, -0.2) is 9.40 Å². The van der Waals surface area contributed by atoms with Crippen LogP contribution in [-0.4, -0.2) is 43.1 Å². The van der Waals surface area contributed by atoms with E-state index in [1.807, 2.05) is 17.4 Å². The van der Waals surface area contributed by atoms with Crippen molar-refractivity contribution >= 4 is 27.7 Å². The molecule has 1 saturated heterocycles. The van der Waals surface area contributed by atoms with E-state index in [-0.39, 0.29) is 5.82 Å². The summed E-state index contributed by atoms with van der Waals surface area (Å²) in [6.07, 6.45) is 1.03. The van der Waals surface area contributed by atoms with Gasteiger partial charge in [-0.2, -0.15) is 0 Å². The highest BCUT2D eigenvalue weighted by Crippen LogP contribution is 2.44. The Labute approximate surface area is 146 Å². The van der Waals surface area contributed by atoms with Gasteiger partial charge < -0.3 is 10.2 Å². The molecule has 0 atom stereocenters. The third kappa shape index (κ3) is 2.68. The number of nitrogens with zero attached hydrogens (tertiary/aromatic N) is 3. The highest BCUT2D eigenvalue weighted by atomic mass is 32.1. The molecule has 24 heavy (non-hydrogen) atoms. The minimum atomic E-state index is -0.183. The van der Waals surface area contributed by atoms with E-state index in [0.29, 0.717) is 12.2 Å². The fourth-order valence-electron chi connectivity index (χ4n) is 3.39. The van der Waals surface area contributed by atoms with Gasteiger partial charge in [0.05, 0.1) is 11.4 Å². The zero-order valence-corrected chi connectivity index (χ0v) is 15.0. The number of rotatable bonds is 2. The zero-order valence-electron chi connectivity index (χ0n) is 14.2. The first-order chi connectivity index (χ1) is 11.7. The van der Waals surface area contributed by atoms with Gasteiger partial charge in [-0.3, -0.25) is 5.01 Å². The number of anilines is 3. The van der Waals surface area contributed by atoms with E-state index in [1.54, 1.807) is 6.07 Å². The van der Waals surface area contributed by atoms with Crippen molar-refractivity contribution in [1.82, 2.24) is 9.91 Å². The van der Waals surface area contributed by atoms with Crippen LogP contribution in [0.3, 0.4) is 0 Å². The summed E-state index contributed by atoms with van der Waals surface area (Å²) in [6.45, 7) is 6.80. The van der Waals surface area contributed by atoms with Crippen LogP contribution in [0.1, 0.15) is 17.4 Å². The van der Waals surface area contributed by atoms with Gasteiger partial charge >= 0.3 is 0 Å². The van der Waals surface area contributed by atoms with Crippen molar-refractivity contribution in [3.05, 3.63) is 40.5 Å². The molecule has 2 aliphatic heterocycles. The average Bonchev–Trinajstić information content (AvgIpc) is 2.92. The topological polar surface area (TPSA) is 21.8 Å². The molecule has 2 aliphatic rings. The second-order valence-corrected chi connectivity index (χ2v) is 7.57. The summed E-state index contributed by atoms with van der Waals surface area (Å²) in [6, 6.07) is 7.62. The van der Waals surface area contributed by atoms with Crippen molar-refractivity contribution in [3.8, 4) is 0 Å². The number of piperazine rings is 1. The predicted molar refractivity (Wildman–Crippen MR) is 98.6 cm³/mol. The number of likely N-dealkylation sites (N-methyl/N-ethyl adjacent to an activating group) is 1. The Bertz CT molecular complexity index is 737. The number of nitrogens with one attached hydrogen (secondary N) is 1. The highest BCUT2D eigenvalue weighted by Gasteiger charge is 2.30. The summed E-state index contributed by atoms with van der Waals surface area (Å²) in [5.74, 6) is -0.183. The Morgan fingerprint density at radius 1 is 1.21 bits per heavy atom. The standard InChI is InChI=1S/C18H23FN4S/c1-3-14-11-13-12-20-17-15(19)5-4-6-16(17)23(18(13)24-14)22-9-7-21(2)8-10-22/h4-6,11,20H,3,7-10,12H2,1-2H3. The van der Waals surface area contributed by atoms with Gasteiger partial charge in [0.2, 0.25) is 0 Å². The summed E-state index contributed by atoms with van der Waals surface area (Å²) >= 11 is 1.83. The van der Waals surface area contributed by atoms with E-state index in [2.05, 4.69) is 40.3 Å². The first-order valence-electron chi connectivity index (χ1n) is 8.55. The summed E-state index contributed by atoms with van der Waals surface area (Å²) in [4.78, 5) is 3.71. The van der Waals surface area contributed by atoms with Crippen molar-refractivity contribution < 1.29 is 4.39 Å². The average molecular weight is 346 g/mol. The molecular weight excluding hydrogens is 323 g/mol. The smallest absolute Gasteiger partial charge is 0.148 e. The molecule has 2 aromatic rings. The van der Waals surface area contributed by atoms with Crippen molar-refractivity contribution in [2.75, 3.05) is 43.6 Å². The second-order valence-electron chi connectivity index (χ2n) is 6.45. The number of halogens is 1. The zero-order chi connectivity index (χ0) is 16.7. The summed E-state index contributed by atoms with van der Waals surface area (Å²) in [5, 5.41) is 9.16. The van der Waals surface area contributed by atoms with Crippen molar-refractivity contribution in [2.45, 2.75) is 19.9 Å². The molecule has 0 radical (unpaired) electrons. The molecule has 0 aliphatic carbocycles. The number of benzene rings is 1. The second kappa shape index (κ2) is 6.35. The maximum absolute atomic E-state index is 14.4. The van der Waals surface area contributed by atoms with Crippen molar-refractivity contribution in [2.24, 2.45) is 0 Å². The predicted octanol–water partition coefficient (Wildman–Crippen LogP) is 3.68. The minimum Gasteiger partial charge on any atom is -0.377 e. The number of para-hydroxylation sites is 1. The number of aryl methyl sites for hydroxylation is 1. The van der Waals surface area contributed by atoms with Crippen LogP contribution in [0.5, 0.6) is 0 Å². The number of thiophene rings is 1. The number of hydrogen-bond acceptors (Lipinski definition) is 5. The number of hydrazine groups is 1. The molecule has 4 nitrogen and oxygen atoms in total. The van der Waals surface area contributed by atoms with Crippen LogP contribution in [-0.2, 0) is 13.0 Å². The van der Waals surface area contributed by atoms with Crippen LogP contribution in [0.4, 0.5) is 20.8 Å². The van der Waals surface area contributed by atoms with Gasteiger partial charge in [0.15, 0.2) is 0 Å². The SMILES string of the molecule is CCc1cc2c(s1)N(N1CCN(C)CC1)c1cccc(F)c1NC2. The Hall–Kier alpha value is -1.63. The lowest BCUT2D eigenvalue weighted by molar-refractivity contribution is 0.155. The Balaban J connectivity index is 1.82. The lowest BCUT2D eigenvalue weighted by Gasteiger charge is -2.40. The lowest BCUT2D eigenvalue weighted by atomic mass is 10.2. The van der Waals surface area contributed by atoms with Crippen LogP contribution < -0.4 is 10.3 Å². The van der Waals surface area contributed by atoms with Crippen LogP contribution in [0.2, 0.25) is 0 Å². The third-order valence-electron chi connectivity index (χ3n) is 4.82. The van der Waals surface area contributed by atoms with Gasteiger partial charge in [0.1, 0.15) is 10.8 Å². The first kappa shape index (κ1) is 15.9. The van der Waals surface area contributed by atoms with E-state index >= 15 is 0 Å². The Morgan fingerprint density at radius 2 is 2.00 bits per heavy atom. The molecule has 128 valence electrons. The molecule has 1 aromatic heterocycles. The molecule has 0 unspecified atom stereocenters. The van der Waals surface area contributed by atoms with Crippen molar-refractivity contribution in [1.29, 1.82) is 0 Å². The fraction of sp³-hybridized carbons (Fsp3) is 0.444. The maximum Gasteiger partial charge on any atom is 0.148 e. The van der Waals surface area contributed by atoms with E-state index in [1.165, 1.54) is 21.5 Å². The summed E-state index contributed by atoms with van der Waals surface area (Å²) in [7, 11) is 2.15. The van der Waals surface area contributed by atoms with E-state index < -0.39 is 0 Å². The largest absolute Gasteiger partial charge is 0.377 e. The molecule has 1 N–H and O–H groups in total. The maximum atomic E-state index is 14.4. The normalized spacial score (nSPS) is 18.7. The molecule has 4 rings (SSSR count). The molecule has 0 amide bonds.